The molecule has 4 spiro atoms. The molecule has 8 fully saturated rings. The van der Waals surface area contributed by atoms with Gasteiger partial charge in [-0.25, -0.2) is 57.4 Å². The number of nitrogen functional groups attached to an aromatic ring is 4. The van der Waals surface area contributed by atoms with Gasteiger partial charge in [0.2, 0.25) is 0 Å². The Kier molecular flexibility index (Phi) is 28.4. The van der Waals surface area contributed by atoms with Crippen molar-refractivity contribution >= 4 is 115 Å². The predicted octanol–water partition coefficient (Wildman–Crippen LogP) is 21.9. The molecule has 12 heterocycles. The second-order valence-corrected chi connectivity index (χ2v) is 43.1. The number of carbonyl (C=O) groups is 4. The topological polar surface area (TPSA) is 343 Å². The van der Waals surface area contributed by atoms with E-state index in [2.05, 4.69) is 19.9 Å². The number of hydrogen-bond acceptors (Lipinski definition) is 20. The third-order valence-corrected chi connectivity index (χ3v) is 31.3. The van der Waals surface area contributed by atoms with Crippen molar-refractivity contribution in [3.63, 3.8) is 0 Å². The van der Waals surface area contributed by atoms with Gasteiger partial charge in [0.1, 0.15) is 114 Å². The number of imidazole rings is 4. The van der Waals surface area contributed by atoms with Crippen molar-refractivity contribution < 1.29 is 55.7 Å². The van der Waals surface area contributed by atoms with E-state index >= 15 is 17.6 Å². The molecule has 8 aliphatic rings. The van der Waals surface area contributed by atoms with Crippen LogP contribution in [0.25, 0.3) is 22.1 Å². The van der Waals surface area contributed by atoms with Crippen LogP contribution >= 0.6 is 46.4 Å². The molecule has 0 bridgehead atoms. The normalized spacial score (nSPS) is 17.9. The molecule has 4 unspecified atom stereocenters. The fraction of sp³-hybridized carbons (Fsp3) is 0.505. The van der Waals surface area contributed by atoms with Crippen LogP contribution in [0.1, 0.15) is 326 Å². The molecule has 4 aliphatic carbocycles. The molecule has 36 heteroatoms. The number of fused-ring (bicyclic) bond motifs is 4. The van der Waals surface area contributed by atoms with E-state index in [-0.39, 0.29) is 153 Å². The summed E-state index contributed by atoms with van der Waals surface area (Å²) in [4.78, 5) is 97.2. The summed E-state index contributed by atoms with van der Waals surface area (Å²) in [6, 6.07) is 6.19. The van der Waals surface area contributed by atoms with Gasteiger partial charge in [0.25, 0.3) is 23.6 Å². The van der Waals surface area contributed by atoms with Gasteiger partial charge in [-0.1, -0.05) is 119 Å². The number of amides is 4. The maximum atomic E-state index is 15.6. The van der Waals surface area contributed by atoms with Crippen LogP contribution in [0.2, 0.25) is 20.1 Å². The highest BCUT2D eigenvalue weighted by Crippen LogP contribution is 2.55. The molecule has 8 aromatic heterocycles. The summed E-state index contributed by atoms with van der Waals surface area (Å²) >= 11 is 25.5. The average Bonchev–Trinajstić information content (AvgIpc) is 1.40. The first-order valence-electron chi connectivity index (χ1n) is 49.2. The average molecular weight is 2010 g/mol. The molecule has 0 radical (unpaired) electrons. The smallest absolute Gasteiger partial charge is 0.260 e. The van der Waals surface area contributed by atoms with Gasteiger partial charge < -0.3 is 61.5 Å². The number of anilines is 4. The largest absolute Gasteiger partial charge is 0.490 e. The Morgan fingerprint density at radius 1 is 0.319 bits per heavy atom. The van der Waals surface area contributed by atoms with E-state index in [4.69, 9.17) is 108 Å². The summed E-state index contributed by atoms with van der Waals surface area (Å²) in [5.41, 5.74) is 33.2. The maximum Gasteiger partial charge on any atom is 0.260 e. The summed E-state index contributed by atoms with van der Waals surface area (Å²) in [7, 11) is 0. The van der Waals surface area contributed by atoms with Crippen LogP contribution in [0.3, 0.4) is 0 Å². The van der Waals surface area contributed by atoms with Crippen molar-refractivity contribution in [2.75, 3.05) is 75.3 Å². The molecule has 20 rings (SSSR count). The van der Waals surface area contributed by atoms with E-state index in [1.54, 1.807) is 93.4 Å². The van der Waals surface area contributed by atoms with Gasteiger partial charge in [0, 0.05) is 164 Å². The van der Waals surface area contributed by atoms with Crippen LogP contribution in [0.15, 0.2) is 73.8 Å². The zero-order chi connectivity index (χ0) is 101. The van der Waals surface area contributed by atoms with Crippen molar-refractivity contribution in [3.05, 3.63) is 208 Å². The highest BCUT2D eigenvalue weighted by Gasteiger charge is 2.53. The lowest BCUT2D eigenvalue weighted by Crippen LogP contribution is -2.61. The van der Waals surface area contributed by atoms with Gasteiger partial charge in [0.05, 0.1) is 67.3 Å². The quantitative estimate of drug-likeness (QED) is 0.0515. The number of halogens is 8. The molecular formula is C105H126Cl4F4N20O8. The SMILES string of the molecule is Cc1nc(C(C)c2cc(Cl)c(F)c(C(=O)N3CC4(CCC4)C3)c2OC(C)C)n2ccnc(N)c12.Cc1nc(C(C)c2cc(Cl)c(F)c(C(=O)N3CC4(CCCC4)C3)c2OC(C)C)n2ccnc(N)c12.Cc1nc(C(C)c2cc(Cl)c(F)c(C(=O)N3CC4(CCCCC4)C3)c2OC(C)C)n2ccnc(N)c12.Cc1nc(C(C)c2cc(Cl)c(F)c(C(=O)N3CCC4(CCC4)CC3)c2OC(C)C)n2ccnc(N)c12. The zero-order valence-corrected chi connectivity index (χ0v) is 86.0. The lowest BCUT2D eigenvalue weighted by molar-refractivity contribution is -0.0430. The van der Waals surface area contributed by atoms with E-state index in [0.717, 1.165) is 74.1 Å². The third-order valence-electron chi connectivity index (χ3n) is 30.2. The van der Waals surface area contributed by atoms with Crippen molar-refractivity contribution in [2.45, 2.75) is 268 Å². The summed E-state index contributed by atoms with van der Waals surface area (Å²) in [5, 5.41) is -0.439. The fourth-order valence-electron chi connectivity index (χ4n) is 22.6. The minimum absolute atomic E-state index is 0.0949. The Bertz CT molecular complexity index is 6860. The van der Waals surface area contributed by atoms with Gasteiger partial charge in [-0.05, 0) is 177 Å². The number of ether oxygens (including phenoxy) is 4. The molecule has 4 aliphatic heterocycles. The Balaban J connectivity index is 0.000000130. The number of aromatic nitrogens is 12. The highest BCUT2D eigenvalue weighted by atomic mass is 35.5. The van der Waals surface area contributed by atoms with E-state index < -0.39 is 23.3 Å². The van der Waals surface area contributed by atoms with Gasteiger partial charge in [-0.3, -0.25) is 36.8 Å². The first-order valence-corrected chi connectivity index (χ1v) is 50.8. The van der Waals surface area contributed by atoms with Gasteiger partial charge >= 0.3 is 0 Å². The zero-order valence-electron chi connectivity index (χ0n) is 83.0. The van der Waals surface area contributed by atoms with Crippen molar-refractivity contribution in [1.82, 2.24) is 77.1 Å². The molecule has 4 atom stereocenters. The second-order valence-electron chi connectivity index (χ2n) is 41.5. The molecule has 4 saturated heterocycles. The number of aryl methyl sites for hydroxylation is 4. The Labute approximate surface area is 838 Å². The Morgan fingerprint density at radius 3 is 0.745 bits per heavy atom. The molecule has 4 aromatic carbocycles. The standard InChI is InChI=1S/2C27H33ClFN5O2.C26H31ClFN5O2.C25H29ClFN5O2/c1-15(2)36-23-18(16(3)25-32-17(4)22-24(30)31-10-13-34(22)25)14-19(28)21(29)20(23)26(35)33-11-8-27(9-12-33)6-5-7-27;1-15(2)36-23-18(16(3)25-32-17(4)22-24(30)31-10-11-34(22)25)12-19(28)21(29)20(23)26(35)33-13-27(14-33)8-6-5-7-9-27;1-14(2)35-22-17(15(3)24-31-16(4)21-23(29)30-9-10-33(21)24)11-18(27)20(28)19(22)25(34)32-12-26(13-32)7-5-6-8-26;1-13(2)34-21-16(14(3)23-30-15(4)20-22(28)29-8-9-32(20)23)10-17(26)19(27)18(21)24(33)31-11-25(12-31)6-5-7-25/h10,13-16H,5-9,11-12H2,1-4H3,(H2,30,31);10-12,15-16H,5-9,13-14H2,1-4H3,(H2,30,31);9-11,14-15H,5-8,12-13H2,1-4H3,(H2,29,30);8-10,13-14H,5-7,11-12H2,1-4H3,(H2,28,29). The molecular weight excluding hydrogens is 1890 g/mol. The maximum absolute atomic E-state index is 15.6. The third kappa shape index (κ3) is 18.9. The van der Waals surface area contributed by atoms with Crippen molar-refractivity contribution in [2.24, 2.45) is 21.7 Å². The van der Waals surface area contributed by atoms with Gasteiger partial charge in [0.15, 0.2) is 23.3 Å². The molecule has 141 heavy (non-hydrogen) atoms. The number of likely N-dealkylation sites (tertiary alicyclic amines) is 4. The molecule has 750 valence electrons. The van der Waals surface area contributed by atoms with E-state index in [9.17, 15) is 19.2 Å². The molecule has 28 nitrogen and oxygen atoms in total. The van der Waals surface area contributed by atoms with Gasteiger partial charge in [-0.2, -0.15) is 0 Å². The molecule has 12 aromatic rings. The Morgan fingerprint density at radius 2 is 0.532 bits per heavy atom. The summed E-state index contributed by atoms with van der Waals surface area (Å²) in [6.07, 6.45) is 32.1. The first kappa shape index (κ1) is 101. The lowest BCUT2D eigenvalue weighted by atomic mass is 9.63. The fourth-order valence-corrected chi connectivity index (χ4v) is 23.5. The predicted molar refractivity (Wildman–Crippen MR) is 539 cm³/mol. The summed E-state index contributed by atoms with van der Waals surface area (Å²) < 4.78 is 94.2. The number of nitrogens with two attached hydrogens (primary N) is 4. The number of rotatable bonds is 20. The minimum atomic E-state index is -0.745. The highest BCUT2D eigenvalue weighted by molar-refractivity contribution is 6.32. The van der Waals surface area contributed by atoms with E-state index in [0.29, 0.717) is 149 Å². The van der Waals surface area contributed by atoms with Crippen LogP contribution < -0.4 is 41.9 Å². The number of nitrogens with zero attached hydrogens (tertiary/aromatic N) is 16. The van der Waals surface area contributed by atoms with E-state index in [1.165, 1.54) is 57.8 Å². The van der Waals surface area contributed by atoms with E-state index in [1.807, 2.05) is 128 Å². The summed E-state index contributed by atoms with van der Waals surface area (Å²) in [6.45, 7) is 35.2. The van der Waals surface area contributed by atoms with Gasteiger partial charge in [-0.15, -0.1) is 0 Å². The Hall–Kier alpha value is -11.5. The molecule has 8 N–H and O–H groups in total. The molecule has 4 saturated carbocycles. The lowest BCUT2D eigenvalue weighted by Gasteiger charge is -2.56. The van der Waals surface area contributed by atoms with Crippen molar-refractivity contribution in [3.8, 4) is 23.0 Å². The number of piperidine rings is 1. The minimum Gasteiger partial charge on any atom is -0.490 e. The van der Waals surface area contributed by atoms with Crippen LogP contribution in [-0.2, 0) is 0 Å². The monoisotopic (exact) mass is 2010 g/mol. The van der Waals surface area contributed by atoms with Crippen molar-refractivity contribution in [1.29, 1.82) is 0 Å². The molecule has 4 amide bonds. The summed E-state index contributed by atoms with van der Waals surface area (Å²) in [5.74, 6) is -0.810. The number of hydrogen-bond donors (Lipinski definition) is 4. The second kappa shape index (κ2) is 39.7. The van der Waals surface area contributed by atoms with Crippen LogP contribution in [0.4, 0.5) is 40.8 Å². The number of carbonyl (C=O) groups excluding carboxylic acids is 4. The van der Waals surface area contributed by atoms with Crippen LogP contribution in [-0.4, -0.2) is 177 Å². The van der Waals surface area contributed by atoms with Crippen LogP contribution in [0, 0.1) is 72.6 Å². The van der Waals surface area contributed by atoms with Crippen LogP contribution in [0.5, 0.6) is 23.0 Å². The number of benzene rings is 4. The first-order chi connectivity index (χ1) is 67.0.